The summed E-state index contributed by atoms with van der Waals surface area (Å²) in [6.07, 6.45) is 1.91. The first-order valence-electron chi connectivity index (χ1n) is 8.02. The molecule has 2 saturated carbocycles. The number of hydrogen-bond acceptors (Lipinski definition) is 4. The second kappa shape index (κ2) is 4.18. The second-order valence-corrected chi connectivity index (χ2v) is 7.13. The first kappa shape index (κ1) is 12.8. The molecule has 1 N–H and O–H groups in total. The van der Waals surface area contributed by atoms with Crippen LogP contribution in [0.3, 0.4) is 0 Å². The average molecular weight is 298 g/mol. The SMILES string of the molecule is O=C1c2ccccc2C(=O)N1CN1CC2CC3CC2C1C3O. The van der Waals surface area contributed by atoms with Crippen LogP contribution >= 0.6 is 0 Å². The van der Waals surface area contributed by atoms with Crippen molar-refractivity contribution in [1.29, 1.82) is 0 Å². The molecule has 114 valence electrons. The van der Waals surface area contributed by atoms with E-state index >= 15 is 0 Å². The average Bonchev–Trinajstić information content (AvgIpc) is 3.18. The maximum atomic E-state index is 12.5. The molecule has 5 nitrogen and oxygen atoms in total. The number of benzene rings is 1. The highest BCUT2D eigenvalue weighted by atomic mass is 16.3. The predicted octanol–water partition coefficient (Wildman–Crippen LogP) is 0.941. The van der Waals surface area contributed by atoms with Gasteiger partial charge in [0.15, 0.2) is 0 Å². The first-order chi connectivity index (χ1) is 10.6. The summed E-state index contributed by atoms with van der Waals surface area (Å²) < 4.78 is 0. The quantitative estimate of drug-likeness (QED) is 0.826. The standard InChI is InChI=1S/C17H18N2O3/c20-15-9-5-10-7-18(14(15)13(10)6-9)8-19-16(21)11-3-1-2-4-12(11)17(19)22/h1-4,9-10,13-15,20H,5-8H2. The predicted molar refractivity (Wildman–Crippen MR) is 78.0 cm³/mol. The van der Waals surface area contributed by atoms with Gasteiger partial charge in [0.1, 0.15) is 0 Å². The Balaban J connectivity index is 1.42. The minimum atomic E-state index is -0.293. The third kappa shape index (κ3) is 1.45. The van der Waals surface area contributed by atoms with Crippen molar-refractivity contribution in [3.05, 3.63) is 35.4 Å². The van der Waals surface area contributed by atoms with Gasteiger partial charge in [0.2, 0.25) is 0 Å². The van der Waals surface area contributed by atoms with E-state index in [1.54, 1.807) is 24.3 Å². The molecular weight excluding hydrogens is 280 g/mol. The lowest BCUT2D eigenvalue weighted by molar-refractivity contribution is 0.0255. The summed E-state index contributed by atoms with van der Waals surface area (Å²) in [6.45, 7) is 1.21. The first-order valence-corrected chi connectivity index (χ1v) is 8.02. The van der Waals surface area contributed by atoms with Crippen LogP contribution in [-0.4, -0.2) is 52.1 Å². The van der Waals surface area contributed by atoms with Crippen molar-refractivity contribution in [1.82, 2.24) is 9.80 Å². The van der Waals surface area contributed by atoms with E-state index in [0.29, 0.717) is 35.5 Å². The van der Waals surface area contributed by atoms with E-state index in [-0.39, 0.29) is 24.0 Å². The zero-order chi connectivity index (χ0) is 15.0. The number of nitrogens with zero attached hydrogens (tertiary/aromatic N) is 2. The van der Waals surface area contributed by atoms with Crippen LogP contribution in [0.2, 0.25) is 0 Å². The summed E-state index contributed by atoms with van der Waals surface area (Å²) in [6, 6.07) is 7.13. The van der Waals surface area contributed by atoms with Crippen molar-refractivity contribution in [2.45, 2.75) is 25.0 Å². The van der Waals surface area contributed by atoms with E-state index < -0.39 is 0 Å². The molecule has 5 unspecified atom stereocenters. The third-order valence-corrected chi connectivity index (χ3v) is 6.15. The normalized spacial score (nSPS) is 39.1. The van der Waals surface area contributed by atoms with Crippen LogP contribution in [0.15, 0.2) is 24.3 Å². The van der Waals surface area contributed by atoms with E-state index in [4.69, 9.17) is 0 Å². The number of aliphatic hydroxyl groups excluding tert-OH is 1. The highest BCUT2D eigenvalue weighted by Crippen LogP contribution is 2.54. The molecule has 5 rings (SSSR count). The van der Waals surface area contributed by atoms with Gasteiger partial charge in [-0.2, -0.15) is 0 Å². The Bertz CT molecular complexity index is 651. The van der Waals surface area contributed by atoms with Crippen molar-refractivity contribution >= 4 is 11.8 Å². The number of carbonyl (C=O) groups excluding carboxylic acids is 2. The lowest BCUT2D eigenvalue weighted by Crippen LogP contribution is -2.47. The number of imide groups is 1. The molecule has 1 aromatic carbocycles. The Morgan fingerprint density at radius 2 is 1.73 bits per heavy atom. The summed E-state index contributed by atoms with van der Waals surface area (Å²) in [4.78, 5) is 28.5. The largest absolute Gasteiger partial charge is 0.391 e. The fraction of sp³-hybridized carbons (Fsp3) is 0.529. The van der Waals surface area contributed by atoms with Crippen molar-refractivity contribution < 1.29 is 14.7 Å². The molecule has 2 heterocycles. The van der Waals surface area contributed by atoms with Crippen LogP contribution < -0.4 is 0 Å². The van der Waals surface area contributed by atoms with Crippen molar-refractivity contribution in [2.24, 2.45) is 17.8 Å². The minimum absolute atomic E-state index is 0.132. The Kier molecular flexibility index (Phi) is 2.43. The summed E-state index contributed by atoms with van der Waals surface area (Å²) >= 11 is 0. The zero-order valence-corrected chi connectivity index (χ0v) is 12.2. The maximum Gasteiger partial charge on any atom is 0.262 e. The third-order valence-electron chi connectivity index (χ3n) is 6.15. The lowest BCUT2D eigenvalue weighted by Gasteiger charge is -2.31. The van der Waals surface area contributed by atoms with E-state index in [1.165, 1.54) is 4.90 Å². The molecule has 0 spiro atoms. The number of rotatable bonds is 2. The minimum Gasteiger partial charge on any atom is -0.391 e. The lowest BCUT2D eigenvalue weighted by atomic mass is 9.88. The van der Waals surface area contributed by atoms with Crippen LogP contribution in [0, 0.1) is 17.8 Å². The van der Waals surface area contributed by atoms with Crippen molar-refractivity contribution in [2.75, 3.05) is 13.2 Å². The van der Waals surface area contributed by atoms with Gasteiger partial charge >= 0.3 is 0 Å². The van der Waals surface area contributed by atoms with Gasteiger partial charge in [-0.15, -0.1) is 0 Å². The molecule has 1 aromatic rings. The smallest absolute Gasteiger partial charge is 0.262 e. The van der Waals surface area contributed by atoms with Gasteiger partial charge in [-0.25, -0.2) is 0 Å². The number of fused-ring (bicyclic) bond motifs is 2. The molecule has 1 saturated heterocycles. The molecule has 0 aromatic heterocycles. The van der Waals surface area contributed by atoms with Crippen LogP contribution in [0.4, 0.5) is 0 Å². The second-order valence-electron chi connectivity index (χ2n) is 7.13. The number of amides is 2. The number of carbonyl (C=O) groups is 2. The van der Waals surface area contributed by atoms with Crippen molar-refractivity contribution in [3.8, 4) is 0 Å². The summed E-state index contributed by atoms with van der Waals surface area (Å²) in [5.74, 6) is 1.20. The number of likely N-dealkylation sites (tertiary alicyclic amines) is 1. The Labute approximate surface area is 128 Å². The highest BCUT2D eigenvalue weighted by molar-refractivity contribution is 6.21. The molecular formula is C17H18N2O3. The Morgan fingerprint density at radius 3 is 2.36 bits per heavy atom. The van der Waals surface area contributed by atoms with E-state index in [9.17, 15) is 14.7 Å². The van der Waals surface area contributed by atoms with Crippen LogP contribution in [0.25, 0.3) is 0 Å². The van der Waals surface area contributed by atoms with Gasteiger partial charge in [-0.05, 0) is 42.7 Å². The highest BCUT2D eigenvalue weighted by Gasteiger charge is 2.59. The molecule has 5 heteroatoms. The van der Waals surface area contributed by atoms with Crippen LogP contribution in [-0.2, 0) is 0 Å². The molecule has 3 fully saturated rings. The molecule has 22 heavy (non-hydrogen) atoms. The van der Waals surface area contributed by atoms with Gasteiger partial charge in [-0.3, -0.25) is 19.4 Å². The molecule has 2 amide bonds. The molecule has 0 radical (unpaired) electrons. The topological polar surface area (TPSA) is 60.9 Å². The monoisotopic (exact) mass is 298 g/mol. The Morgan fingerprint density at radius 1 is 1.05 bits per heavy atom. The van der Waals surface area contributed by atoms with Gasteiger partial charge in [0.25, 0.3) is 11.8 Å². The molecule has 2 bridgehead atoms. The Hall–Kier alpha value is -1.72. The molecule has 4 aliphatic rings. The number of hydrogen-bond donors (Lipinski definition) is 1. The molecule has 5 atom stereocenters. The summed E-state index contributed by atoms with van der Waals surface area (Å²) in [5, 5.41) is 10.4. The molecule has 2 aliphatic heterocycles. The van der Waals surface area contributed by atoms with Gasteiger partial charge in [0.05, 0.1) is 23.9 Å². The molecule has 2 aliphatic carbocycles. The van der Waals surface area contributed by atoms with Crippen LogP contribution in [0.5, 0.6) is 0 Å². The van der Waals surface area contributed by atoms with E-state index in [2.05, 4.69) is 4.90 Å². The van der Waals surface area contributed by atoms with E-state index in [1.807, 2.05) is 0 Å². The van der Waals surface area contributed by atoms with Gasteiger partial charge in [0, 0.05) is 12.6 Å². The fourth-order valence-corrected chi connectivity index (χ4v) is 5.25. The number of aliphatic hydroxyl groups is 1. The zero-order valence-electron chi connectivity index (χ0n) is 12.2. The van der Waals surface area contributed by atoms with Gasteiger partial charge < -0.3 is 5.11 Å². The summed E-state index contributed by atoms with van der Waals surface area (Å²) in [5.41, 5.74) is 0.999. The van der Waals surface area contributed by atoms with Gasteiger partial charge in [-0.1, -0.05) is 12.1 Å². The maximum absolute atomic E-state index is 12.5. The summed E-state index contributed by atoms with van der Waals surface area (Å²) in [7, 11) is 0. The van der Waals surface area contributed by atoms with E-state index in [0.717, 1.165) is 19.4 Å². The van der Waals surface area contributed by atoms with Crippen LogP contribution in [0.1, 0.15) is 33.6 Å². The fourth-order valence-electron chi connectivity index (χ4n) is 5.25. The van der Waals surface area contributed by atoms with Crippen molar-refractivity contribution in [3.63, 3.8) is 0 Å².